The molecule has 0 aliphatic rings. The standard InChI is InChI=1S/C19H15ClN4O2S/c1-24-19(11-17(22-24)13-5-7-15(20)8-6-13)23-27(25,26)18-4-2-3-14-12-21-10-9-16(14)18/h2-12,23H,1H3. The summed E-state index contributed by atoms with van der Waals surface area (Å²) in [6.45, 7) is 0. The van der Waals surface area contributed by atoms with Crippen molar-refractivity contribution in [1.82, 2.24) is 14.8 Å². The zero-order valence-electron chi connectivity index (χ0n) is 14.3. The van der Waals surface area contributed by atoms with Crippen LogP contribution in [0.2, 0.25) is 5.02 Å². The van der Waals surface area contributed by atoms with E-state index in [0.717, 1.165) is 10.9 Å². The van der Waals surface area contributed by atoms with Crippen molar-refractivity contribution in [3.63, 3.8) is 0 Å². The highest BCUT2D eigenvalue weighted by Gasteiger charge is 2.20. The fourth-order valence-corrected chi connectivity index (χ4v) is 4.28. The number of halogens is 1. The lowest BCUT2D eigenvalue weighted by Gasteiger charge is -2.10. The van der Waals surface area contributed by atoms with Crippen molar-refractivity contribution in [3.05, 3.63) is 72.0 Å². The van der Waals surface area contributed by atoms with Crippen LogP contribution in [0, 0.1) is 0 Å². The van der Waals surface area contributed by atoms with E-state index in [1.807, 2.05) is 18.2 Å². The Labute approximate surface area is 161 Å². The molecule has 0 bridgehead atoms. The predicted molar refractivity (Wildman–Crippen MR) is 106 cm³/mol. The molecule has 0 aliphatic heterocycles. The molecule has 0 aliphatic carbocycles. The highest BCUT2D eigenvalue weighted by Crippen LogP contribution is 2.27. The van der Waals surface area contributed by atoms with Crippen molar-refractivity contribution in [2.24, 2.45) is 7.05 Å². The smallest absolute Gasteiger partial charge is 0.263 e. The molecule has 0 fully saturated rings. The monoisotopic (exact) mass is 398 g/mol. The first-order chi connectivity index (χ1) is 12.9. The molecule has 4 aromatic rings. The minimum Gasteiger partial charge on any atom is -0.264 e. The van der Waals surface area contributed by atoms with Gasteiger partial charge in [-0.05, 0) is 24.3 Å². The molecule has 2 aromatic carbocycles. The molecule has 0 unspecified atom stereocenters. The Morgan fingerprint density at radius 3 is 2.63 bits per heavy atom. The molecule has 0 saturated carbocycles. The molecule has 0 amide bonds. The zero-order valence-corrected chi connectivity index (χ0v) is 15.9. The molecular formula is C19H15ClN4O2S. The van der Waals surface area contributed by atoms with E-state index >= 15 is 0 Å². The number of fused-ring (bicyclic) bond motifs is 1. The van der Waals surface area contributed by atoms with Gasteiger partial charge in [-0.25, -0.2) is 8.42 Å². The quantitative estimate of drug-likeness (QED) is 0.561. The largest absolute Gasteiger partial charge is 0.264 e. The third-order valence-electron chi connectivity index (χ3n) is 4.19. The van der Waals surface area contributed by atoms with Crippen LogP contribution in [0.1, 0.15) is 0 Å². The van der Waals surface area contributed by atoms with E-state index in [1.54, 1.807) is 55.8 Å². The summed E-state index contributed by atoms with van der Waals surface area (Å²) < 4.78 is 30.1. The summed E-state index contributed by atoms with van der Waals surface area (Å²) in [5, 5.41) is 6.38. The average molecular weight is 399 g/mol. The molecule has 0 atom stereocenters. The summed E-state index contributed by atoms with van der Waals surface area (Å²) in [5.41, 5.74) is 1.49. The summed E-state index contributed by atoms with van der Waals surface area (Å²) >= 11 is 5.92. The van der Waals surface area contributed by atoms with Gasteiger partial charge in [0.15, 0.2) is 0 Å². The Kier molecular flexibility index (Phi) is 4.33. The number of anilines is 1. The van der Waals surface area contributed by atoms with Crippen LogP contribution in [0.4, 0.5) is 5.82 Å². The summed E-state index contributed by atoms with van der Waals surface area (Å²) in [6.07, 6.45) is 3.21. The minimum atomic E-state index is -3.80. The lowest BCUT2D eigenvalue weighted by molar-refractivity contribution is 0.601. The zero-order chi connectivity index (χ0) is 19.0. The maximum absolute atomic E-state index is 13.0. The van der Waals surface area contributed by atoms with E-state index in [0.29, 0.717) is 21.9 Å². The van der Waals surface area contributed by atoms with Crippen LogP contribution in [0.25, 0.3) is 22.0 Å². The second-order valence-electron chi connectivity index (χ2n) is 6.00. The number of nitrogens with one attached hydrogen (secondary N) is 1. The lowest BCUT2D eigenvalue weighted by atomic mass is 10.1. The van der Waals surface area contributed by atoms with E-state index < -0.39 is 10.0 Å². The van der Waals surface area contributed by atoms with Gasteiger partial charge >= 0.3 is 0 Å². The first-order valence-corrected chi connectivity index (χ1v) is 9.96. The van der Waals surface area contributed by atoms with Gasteiger partial charge in [-0.2, -0.15) is 5.10 Å². The molecule has 27 heavy (non-hydrogen) atoms. The van der Waals surface area contributed by atoms with Gasteiger partial charge in [0.25, 0.3) is 10.0 Å². The van der Waals surface area contributed by atoms with Gasteiger partial charge < -0.3 is 0 Å². The van der Waals surface area contributed by atoms with Crippen LogP contribution in [0.15, 0.2) is 71.9 Å². The number of aromatic nitrogens is 3. The molecule has 136 valence electrons. The number of benzene rings is 2. The number of pyridine rings is 1. The molecule has 2 heterocycles. The van der Waals surface area contributed by atoms with Crippen LogP contribution in [-0.2, 0) is 17.1 Å². The van der Waals surface area contributed by atoms with E-state index in [-0.39, 0.29) is 4.90 Å². The van der Waals surface area contributed by atoms with Crippen LogP contribution in [0.5, 0.6) is 0 Å². The number of hydrogen-bond acceptors (Lipinski definition) is 4. The number of nitrogens with zero attached hydrogens (tertiary/aromatic N) is 3. The van der Waals surface area contributed by atoms with E-state index in [4.69, 9.17) is 11.6 Å². The fourth-order valence-electron chi connectivity index (χ4n) is 2.84. The van der Waals surface area contributed by atoms with Crippen LogP contribution in [0.3, 0.4) is 0 Å². The second-order valence-corrected chi connectivity index (χ2v) is 8.09. The van der Waals surface area contributed by atoms with E-state index in [1.165, 1.54) is 4.68 Å². The second kappa shape index (κ2) is 6.68. The molecule has 4 rings (SSSR count). The van der Waals surface area contributed by atoms with Gasteiger partial charge in [0.2, 0.25) is 0 Å². The minimum absolute atomic E-state index is 0.191. The van der Waals surface area contributed by atoms with Gasteiger partial charge in [0.1, 0.15) is 5.82 Å². The van der Waals surface area contributed by atoms with Crippen molar-refractivity contribution in [2.45, 2.75) is 4.90 Å². The molecule has 2 aromatic heterocycles. The number of sulfonamides is 1. The molecular weight excluding hydrogens is 384 g/mol. The number of rotatable bonds is 4. The first kappa shape index (κ1) is 17.5. The Balaban J connectivity index is 1.72. The highest BCUT2D eigenvalue weighted by atomic mass is 35.5. The van der Waals surface area contributed by atoms with Crippen molar-refractivity contribution in [3.8, 4) is 11.3 Å². The predicted octanol–water partition coefficient (Wildman–Crippen LogP) is 4.09. The Morgan fingerprint density at radius 1 is 1.07 bits per heavy atom. The van der Waals surface area contributed by atoms with Gasteiger partial charge in [-0.15, -0.1) is 0 Å². The fraction of sp³-hybridized carbons (Fsp3) is 0.0526. The molecule has 0 saturated heterocycles. The van der Waals surface area contributed by atoms with Crippen molar-refractivity contribution in [2.75, 3.05) is 4.72 Å². The SMILES string of the molecule is Cn1nc(-c2ccc(Cl)cc2)cc1NS(=O)(=O)c1cccc2cnccc12. The van der Waals surface area contributed by atoms with Gasteiger partial charge in [0.05, 0.1) is 10.6 Å². The average Bonchev–Trinajstić information content (AvgIpc) is 3.01. The summed E-state index contributed by atoms with van der Waals surface area (Å²) in [4.78, 5) is 4.23. The van der Waals surface area contributed by atoms with Crippen molar-refractivity contribution >= 4 is 38.2 Å². The Hall–Kier alpha value is -2.90. The van der Waals surface area contributed by atoms with Crippen LogP contribution >= 0.6 is 11.6 Å². The van der Waals surface area contributed by atoms with Gasteiger partial charge in [-0.3, -0.25) is 14.4 Å². The summed E-state index contributed by atoms with van der Waals surface area (Å²) in [6, 6.07) is 15.7. The van der Waals surface area contributed by atoms with Crippen molar-refractivity contribution in [1.29, 1.82) is 0 Å². The third-order valence-corrected chi connectivity index (χ3v) is 5.85. The normalized spacial score (nSPS) is 11.6. The number of aryl methyl sites for hydroxylation is 1. The number of hydrogen-bond donors (Lipinski definition) is 1. The van der Waals surface area contributed by atoms with Crippen LogP contribution in [-0.4, -0.2) is 23.2 Å². The van der Waals surface area contributed by atoms with Crippen LogP contribution < -0.4 is 4.72 Å². The Morgan fingerprint density at radius 2 is 1.85 bits per heavy atom. The molecule has 6 nitrogen and oxygen atoms in total. The first-order valence-electron chi connectivity index (χ1n) is 8.09. The van der Waals surface area contributed by atoms with Gasteiger partial charge in [0, 0.05) is 46.9 Å². The maximum atomic E-state index is 13.0. The summed E-state index contributed by atoms with van der Waals surface area (Å²) in [7, 11) is -2.11. The third kappa shape index (κ3) is 3.39. The van der Waals surface area contributed by atoms with Crippen molar-refractivity contribution < 1.29 is 8.42 Å². The van der Waals surface area contributed by atoms with E-state index in [2.05, 4.69) is 14.8 Å². The molecule has 1 N–H and O–H groups in total. The molecule has 0 radical (unpaired) electrons. The highest BCUT2D eigenvalue weighted by molar-refractivity contribution is 7.93. The van der Waals surface area contributed by atoms with Gasteiger partial charge in [-0.1, -0.05) is 35.9 Å². The maximum Gasteiger partial charge on any atom is 0.263 e. The topological polar surface area (TPSA) is 76.9 Å². The van der Waals surface area contributed by atoms with E-state index in [9.17, 15) is 8.42 Å². The molecule has 8 heteroatoms. The lowest BCUT2D eigenvalue weighted by Crippen LogP contribution is -2.15. The Bertz CT molecular complexity index is 1230. The molecule has 0 spiro atoms. The summed E-state index contributed by atoms with van der Waals surface area (Å²) in [5.74, 6) is 0.367.